The summed E-state index contributed by atoms with van der Waals surface area (Å²) in [5.41, 5.74) is 0.680. The SMILES string of the molecule is CCCC(NS(=O)(=O)c1ccc2ncccc2c1)C(=O)O. The van der Waals surface area contributed by atoms with Crippen LogP contribution in [0.1, 0.15) is 19.8 Å². The van der Waals surface area contributed by atoms with Crippen molar-refractivity contribution in [3.63, 3.8) is 0 Å². The van der Waals surface area contributed by atoms with E-state index >= 15 is 0 Å². The summed E-state index contributed by atoms with van der Waals surface area (Å²) in [6, 6.07) is 6.84. The van der Waals surface area contributed by atoms with E-state index in [0.29, 0.717) is 17.3 Å². The van der Waals surface area contributed by atoms with E-state index in [1.807, 2.05) is 0 Å². The van der Waals surface area contributed by atoms with Crippen molar-refractivity contribution in [3.05, 3.63) is 36.5 Å². The molecule has 7 heteroatoms. The first-order valence-corrected chi connectivity index (χ1v) is 8.02. The smallest absolute Gasteiger partial charge is 0.321 e. The van der Waals surface area contributed by atoms with Gasteiger partial charge in [-0.1, -0.05) is 19.4 Å². The molecule has 0 saturated heterocycles. The minimum Gasteiger partial charge on any atom is -0.480 e. The Morgan fingerprint density at radius 3 is 2.81 bits per heavy atom. The van der Waals surface area contributed by atoms with Crippen LogP contribution >= 0.6 is 0 Å². The summed E-state index contributed by atoms with van der Waals surface area (Å²) in [5.74, 6) is -1.18. The van der Waals surface area contributed by atoms with Crippen molar-refractivity contribution in [3.8, 4) is 0 Å². The number of hydrogen-bond acceptors (Lipinski definition) is 4. The first-order chi connectivity index (χ1) is 9.94. The Morgan fingerprint density at radius 2 is 2.14 bits per heavy atom. The maximum absolute atomic E-state index is 12.3. The van der Waals surface area contributed by atoms with E-state index in [1.54, 1.807) is 31.3 Å². The van der Waals surface area contributed by atoms with Crippen molar-refractivity contribution >= 4 is 26.9 Å². The third-order valence-corrected chi connectivity index (χ3v) is 4.53. The van der Waals surface area contributed by atoms with E-state index in [1.165, 1.54) is 12.1 Å². The molecule has 2 rings (SSSR count). The molecular weight excluding hydrogens is 292 g/mol. The average molecular weight is 308 g/mol. The number of nitrogens with zero attached hydrogens (tertiary/aromatic N) is 1. The predicted molar refractivity (Wildman–Crippen MR) is 78.4 cm³/mol. The van der Waals surface area contributed by atoms with E-state index in [0.717, 1.165) is 0 Å². The summed E-state index contributed by atoms with van der Waals surface area (Å²) in [6.07, 6.45) is 2.43. The Bertz CT molecular complexity index is 758. The lowest BCUT2D eigenvalue weighted by atomic mass is 10.2. The number of hydrogen-bond donors (Lipinski definition) is 2. The number of aliphatic carboxylic acids is 1. The summed E-state index contributed by atoms with van der Waals surface area (Å²) >= 11 is 0. The first kappa shape index (κ1) is 15.4. The molecule has 1 unspecified atom stereocenters. The number of carbonyl (C=O) groups is 1. The van der Waals surface area contributed by atoms with Gasteiger partial charge in [0, 0.05) is 11.6 Å². The van der Waals surface area contributed by atoms with Crippen LogP contribution in [-0.2, 0) is 14.8 Å². The van der Waals surface area contributed by atoms with Gasteiger partial charge in [-0.15, -0.1) is 0 Å². The molecule has 0 bridgehead atoms. The van der Waals surface area contributed by atoms with E-state index in [9.17, 15) is 13.2 Å². The summed E-state index contributed by atoms with van der Waals surface area (Å²) in [4.78, 5) is 15.2. The molecule has 2 aromatic rings. The molecule has 21 heavy (non-hydrogen) atoms. The molecule has 0 radical (unpaired) electrons. The average Bonchev–Trinajstić information content (AvgIpc) is 2.46. The maximum atomic E-state index is 12.3. The van der Waals surface area contributed by atoms with Crippen molar-refractivity contribution in [2.24, 2.45) is 0 Å². The van der Waals surface area contributed by atoms with Crippen molar-refractivity contribution in [2.45, 2.75) is 30.7 Å². The van der Waals surface area contributed by atoms with Crippen LogP contribution in [0.2, 0.25) is 0 Å². The second-order valence-corrected chi connectivity index (χ2v) is 6.37. The minimum absolute atomic E-state index is 0.0327. The zero-order chi connectivity index (χ0) is 15.5. The number of nitrogens with one attached hydrogen (secondary N) is 1. The lowest BCUT2D eigenvalue weighted by Gasteiger charge is -2.14. The van der Waals surface area contributed by atoms with Crippen LogP contribution in [-0.4, -0.2) is 30.5 Å². The first-order valence-electron chi connectivity index (χ1n) is 6.54. The summed E-state index contributed by atoms with van der Waals surface area (Å²) in [6.45, 7) is 1.80. The quantitative estimate of drug-likeness (QED) is 0.847. The maximum Gasteiger partial charge on any atom is 0.321 e. The largest absolute Gasteiger partial charge is 0.480 e. The number of benzene rings is 1. The molecule has 0 aliphatic heterocycles. The van der Waals surface area contributed by atoms with Crippen LogP contribution < -0.4 is 4.72 Å². The Kier molecular flexibility index (Phi) is 4.54. The lowest BCUT2D eigenvalue weighted by Crippen LogP contribution is -2.40. The molecule has 6 nitrogen and oxygen atoms in total. The summed E-state index contributed by atoms with van der Waals surface area (Å²) in [5, 5.41) is 9.73. The molecule has 1 aromatic heterocycles. The van der Waals surface area contributed by atoms with Gasteiger partial charge in [0.15, 0.2) is 0 Å². The number of pyridine rings is 1. The molecule has 1 aromatic carbocycles. The van der Waals surface area contributed by atoms with Crippen molar-refractivity contribution in [2.75, 3.05) is 0 Å². The number of carboxylic acids is 1. The normalized spacial score (nSPS) is 13.2. The van der Waals surface area contributed by atoms with Crippen molar-refractivity contribution in [1.82, 2.24) is 9.71 Å². The Hall–Kier alpha value is -1.99. The van der Waals surface area contributed by atoms with Gasteiger partial charge in [-0.25, -0.2) is 8.42 Å². The standard InChI is InChI=1S/C14H16N2O4S/c1-2-4-13(14(17)18)16-21(19,20)11-6-7-12-10(9-11)5-3-8-15-12/h3,5-9,13,16H,2,4H2,1H3,(H,17,18). The number of carboxylic acid groups (broad SMARTS) is 1. The zero-order valence-electron chi connectivity index (χ0n) is 11.5. The van der Waals surface area contributed by atoms with Crippen molar-refractivity contribution in [1.29, 1.82) is 0 Å². The summed E-state index contributed by atoms with van der Waals surface area (Å²) < 4.78 is 26.8. The molecule has 0 aliphatic carbocycles. The van der Waals surface area contributed by atoms with Gasteiger partial charge in [0.2, 0.25) is 10.0 Å². The third kappa shape index (κ3) is 3.56. The van der Waals surface area contributed by atoms with E-state index in [-0.39, 0.29) is 11.3 Å². The zero-order valence-corrected chi connectivity index (χ0v) is 12.3. The fraction of sp³-hybridized carbons (Fsp3) is 0.286. The number of sulfonamides is 1. The van der Waals surface area contributed by atoms with E-state index < -0.39 is 22.0 Å². The summed E-state index contributed by atoms with van der Waals surface area (Å²) in [7, 11) is -3.88. The molecule has 0 amide bonds. The monoisotopic (exact) mass is 308 g/mol. The van der Waals surface area contributed by atoms with Crippen LogP contribution in [0.4, 0.5) is 0 Å². The fourth-order valence-electron chi connectivity index (χ4n) is 2.00. The number of aromatic nitrogens is 1. The molecule has 1 atom stereocenters. The number of fused-ring (bicyclic) bond motifs is 1. The van der Waals surface area contributed by atoms with Crippen LogP contribution in [0.5, 0.6) is 0 Å². The van der Waals surface area contributed by atoms with Gasteiger partial charge >= 0.3 is 5.97 Å². The highest BCUT2D eigenvalue weighted by atomic mass is 32.2. The molecule has 0 aliphatic rings. The highest BCUT2D eigenvalue weighted by Crippen LogP contribution is 2.17. The Morgan fingerprint density at radius 1 is 1.38 bits per heavy atom. The molecule has 2 N–H and O–H groups in total. The fourth-order valence-corrected chi connectivity index (χ4v) is 3.26. The topological polar surface area (TPSA) is 96.4 Å². The third-order valence-electron chi connectivity index (χ3n) is 3.06. The molecule has 112 valence electrons. The molecule has 1 heterocycles. The molecule has 0 saturated carbocycles. The van der Waals surface area contributed by atoms with Gasteiger partial charge in [-0.3, -0.25) is 9.78 Å². The van der Waals surface area contributed by atoms with Crippen LogP contribution in [0, 0.1) is 0 Å². The molecular formula is C14H16N2O4S. The van der Waals surface area contributed by atoms with Crippen LogP contribution in [0.15, 0.2) is 41.4 Å². The molecule has 0 fully saturated rings. The lowest BCUT2D eigenvalue weighted by molar-refractivity contribution is -0.139. The van der Waals surface area contributed by atoms with E-state index in [2.05, 4.69) is 9.71 Å². The van der Waals surface area contributed by atoms with Gasteiger partial charge in [-0.05, 0) is 30.7 Å². The van der Waals surface area contributed by atoms with Gasteiger partial charge in [0.25, 0.3) is 0 Å². The Balaban J connectivity index is 2.34. The van der Waals surface area contributed by atoms with Gasteiger partial charge in [0.1, 0.15) is 6.04 Å². The predicted octanol–water partition coefficient (Wildman–Crippen LogP) is 1.77. The van der Waals surface area contributed by atoms with Crippen LogP contribution in [0.25, 0.3) is 10.9 Å². The number of rotatable bonds is 6. The second kappa shape index (κ2) is 6.19. The van der Waals surface area contributed by atoms with Gasteiger partial charge < -0.3 is 5.11 Å². The molecule has 0 spiro atoms. The highest BCUT2D eigenvalue weighted by Gasteiger charge is 2.24. The van der Waals surface area contributed by atoms with Crippen LogP contribution in [0.3, 0.4) is 0 Å². The highest BCUT2D eigenvalue weighted by molar-refractivity contribution is 7.89. The Labute approximate surface area is 122 Å². The minimum atomic E-state index is -3.88. The van der Waals surface area contributed by atoms with Gasteiger partial charge in [0.05, 0.1) is 10.4 Å². The van der Waals surface area contributed by atoms with Crippen molar-refractivity contribution < 1.29 is 18.3 Å². The second-order valence-electron chi connectivity index (χ2n) is 4.66. The van der Waals surface area contributed by atoms with E-state index in [4.69, 9.17) is 5.11 Å². The van der Waals surface area contributed by atoms with Gasteiger partial charge in [-0.2, -0.15) is 4.72 Å².